The number of rotatable bonds is 8. The van der Waals surface area contributed by atoms with Gasteiger partial charge in [0, 0.05) is 6.54 Å². The number of nitrogens with one attached hydrogen (secondary N) is 1. The zero-order chi connectivity index (χ0) is 18.9. The van der Waals surface area contributed by atoms with Gasteiger partial charge in [-0.3, -0.25) is 4.79 Å². The fourth-order valence-electron chi connectivity index (χ4n) is 2.30. The second-order valence-corrected chi connectivity index (χ2v) is 6.30. The van der Waals surface area contributed by atoms with Gasteiger partial charge in [-0.15, -0.1) is 0 Å². The van der Waals surface area contributed by atoms with E-state index in [-0.39, 0.29) is 33.9 Å². The molecule has 0 bridgehead atoms. The summed E-state index contributed by atoms with van der Waals surface area (Å²) in [7, 11) is 1.42. The summed E-state index contributed by atoms with van der Waals surface area (Å²) in [6.45, 7) is 0.136. The van der Waals surface area contributed by atoms with Gasteiger partial charge in [0.25, 0.3) is 5.91 Å². The third kappa shape index (κ3) is 5.93. The van der Waals surface area contributed by atoms with E-state index in [0.717, 1.165) is 12.8 Å². The topological polar surface area (TPSA) is 64.6 Å². The van der Waals surface area contributed by atoms with Gasteiger partial charge in [0.05, 0.1) is 22.7 Å². The van der Waals surface area contributed by atoms with Gasteiger partial charge in [-0.1, -0.05) is 53.5 Å². The van der Waals surface area contributed by atoms with Crippen molar-refractivity contribution in [3.05, 3.63) is 63.6 Å². The van der Waals surface area contributed by atoms with E-state index in [1.54, 1.807) is 0 Å². The molecule has 0 saturated carbocycles. The Morgan fingerprint density at radius 1 is 1.08 bits per heavy atom. The molecule has 26 heavy (non-hydrogen) atoms. The van der Waals surface area contributed by atoms with Crippen molar-refractivity contribution in [3.63, 3.8) is 0 Å². The average molecular weight is 396 g/mol. The number of aryl methyl sites for hydroxylation is 1. The van der Waals surface area contributed by atoms with Crippen LogP contribution in [0.4, 0.5) is 0 Å². The van der Waals surface area contributed by atoms with Gasteiger partial charge in [-0.25, -0.2) is 4.79 Å². The first-order valence-electron chi connectivity index (χ1n) is 8.02. The van der Waals surface area contributed by atoms with E-state index in [2.05, 4.69) is 5.32 Å². The summed E-state index contributed by atoms with van der Waals surface area (Å²) >= 11 is 12.0. The van der Waals surface area contributed by atoms with E-state index >= 15 is 0 Å². The van der Waals surface area contributed by atoms with Crippen molar-refractivity contribution in [2.45, 2.75) is 12.8 Å². The maximum atomic E-state index is 12.0. The Balaban J connectivity index is 1.74. The van der Waals surface area contributed by atoms with Crippen LogP contribution in [0.1, 0.15) is 22.3 Å². The normalized spacial score (nSPS) is 10.3. The number of hydrogen-bond donors (Lipinski definition) is 1. The Morgan fingerprint density at radius 3 is 2.35 bits per heavy atom. The molecular formula is C19H19Cl2NO4. The highest BCUT2D eigenvalue weighted by atomic mass is 35.5. The number of esters is 1. The van der Waals surface area contributed by atoms with E-state index in [1.807, 2.05) is 30.3 Å². The first-order valence-corrected chi connectivity index (χ1v) is 8.77. The summed E-state index contributed by atoms with van der Waals surface area (Å²) in [6, 6.07) is 12.8. The summed E-state index contributed by atoms with van der Waals surface area (Å²) in [5.41, 5.74) is 1.36. The van der Waals surface area contributed by atoms with Crippen LogP contribution in [-0.2, 0) is 16.0 Å². The lowest BCUT2D eigenvalue weighted by Crippen LogP contribution is -2.29. The number of halogens is 2. The summed E-state index contributed by atoms with van der Waals surface area (Å²) < 4.78 is 10.00. The minimum absolute atomic E-state index is 0.151. The minimum atomic E-state index is -0.684. The van der Waals surface area contributed by atoms with E-state index in [0.29, 0.717) is 6.54 Å². The molecule has 0 aliphatic carbocycles. The van der Waals surface area contributed by atoms with E-state index < -0.39 is 5.97 Å². The van der Waals surface area contributed by atoms with Gasteiger partial charge >= 0.3 is 5.97 Å². The van der Waals surface area contributed by atoms with Gasteiger partial charge in [0.1, 0.15) is 0 Å². The van der Waals surface area contributed by atoms with Crippen LogP contribution < -0.4 is 10.1 Å². The summed E-state index contributed by atoms with van der Waals surface area (Å²) in [5, 5.41) is 3.10. The molecule has 1 N–H and O–H groups in total. The van der Waals surface area contributed by atoms with Crippen LogP contribution in [0, 0.1) is 0 Å². The lowest BCUT2D eigenvalue weighted by atomic mass is 10.1. The zero-order valence-corrected chi connectivity index (χ0v) is 15.8. The van der Waals surface area contributed by atoms with Crippen LogP contribution in [0.5, 0.6) is 5.75 Å². The van der Waals surface area contributed by atoms with Crippen LogP contribution in [0.2, 0.25) is 10.0 Å². The number of carbonyl (C=O) groups is 2. The Bertz CT molecular complexity index is 742. The van der Waals surface area contributed by atoms with Gasteiger partial charge in [0.15, 0.2) is 12.4 Å². The summed E-state index contributed by atoms with van der Waals surface area (Å²) in [5.74, 6) is -0.769. The Morgan fingerprint density at radius 2 is 1.73 bits per heavy atom. The lowest BCUT2D eigenvalue weighted by Gasteiger charge is -2.09. The van der Waals surface area contributed by atoms with Gasteiger partial charge in [0.2, 0.25) is 0 Å². The van der Waals surface area contributed by atoms with Gasteiger partial charge in [-0.05, 0) is 30.5 Å². The van der Waals surface area contributed by atoms with Crippen LogP contribution in [0.3, 0.4) is 0 Å². The maximum Gasteiger partial charge on any atom is 0.338 e. The second kappa shape index (κ2) is 10.0. The number of hydrogen-bond acceptors (Lipinski definition) is 4. The van der Waals surface area contributed by atoms with Crippen molar-refractivity contribution < 1.29 is 19.1 Å². The molecule has 2 rings (SSSR count). The number of benzene rings is 2. The van der Waals surface area contributed by atoms with Crippen molar-refractivity contribution in [2.75, 3.05) is 20.3 Å². The molecule has 0 aromatic heterocycles. The van der Waals surface area contributed by atoms with E-state index in [1.165, 1.54) is 24.8 Å². The number of carbonyl (C=O) groups excluding carboxylic acids is 2. The van der Waals surface area contributed by atoms with Gasteiger partial charge in [-0.2, -0.15) is 0 Å². The first-order chi connectivity index (χ1) is 12.5. The third-order valence-electron chi connectivity index (χ3n) is 3.58. The number of methoxy groups -OCH3 is 1. The predicted molar refractivity (Wildman–Crippen MR) is 101 cm³/mol. The van der Waals surface area contributed by atoms with Crippen molar-refractivity contribution in [1.82, 2.24) is 5.32 Å². The molecule has 5 nitrogen and oxygen atoms in total. The molecule has 0 atom stereocenters. The van der Waals surface area contributed by atoms with Crippen LogP contribution >= 0.6 is 23.2 Å². The average Bonchev–Trinajstić information content (AvgIpc) is 2.64. The van der Waals surface area contributed by atoms with Crippen molar-refractivity contribution in [2.24, 2.45) is 0 Å². The Labute approximate surface area is 162 Å². The van der Waals surface area contributed by atoms with Crippen molar-refractivity contribution in [1.29, 1.82) is 0 Å². The molecule has 0 unspecified atom stereocenters. The quantitative estimate of drug-likeness (QED) is 0.543. The highest BCUT2D eigenvalue weighted by Gasteiger charge is 2.15. The largest absolute Gasteiger partial charge is 0.494 e. The lowest BCUT2D eigenvalue weighted by molar-refractivity contribution is -0.124. The highest BCUT2D eigenvalue weighted by molar-refractivity contribution is 6.37. The fraction of sp³-hybridized carbons (Fsp3) is 0.263. The molecule has 0 radical (unpaired) electrons. The third-order valence-corrected chi connectivity index (χ3v) is 4.14. The monoisotopic (exact) mass is 395 g/mol. The second-order valence-electron chi connectivity index (χ2n) is 5.49. The van der Waals surface area contributed by atoms with Crippen molar-refractivity contribution in [3.8, 4) is 5.75 Å². The van der Waals surface area contributed by atoms with Crippen LogP contribution in [-0.4, -0.2) is 32.1 Å². The molecule has 0 spiro atoms. The molecule has 7 heteroatoms. The molecular weight excluding hydrogens is 377 g/mol. The SMILES string of the molecule is COc1c(Cl)cc(C(=O)OCC(=O)NCCCc2ccccc2)cc1Cl. The standard InChI is InChI=1S/C19H19Cl2NO4/c1-25-18-15(20)10-14(11-16(18)21)19(24)26-12-17(23)22-9-5-8-13-6-3-2-4-7-13/h2-4,6-7,10-11H,5,8-9,12H2,1H3,(H,22,23). The van der Waals surface area contributed by atoms with Gasteiger partial charge < -0.3 is 14.8 Å². The smallest absolute Gasteiger partial charge is 0.338 e. The molecule has 0 aliphatic heterocycles. The van der Waals surface area contributed by atoms with Crippen molar-refractivity contribution >= 4 is 35.1 Å². The molecule has 0 fully saturated rings. The van der Waals surface area contributed by atoms with E-state index in [9.17, 15) is 9.59 Å². The fourth-order valence-corrected chi connectivity index (χ4v) is 2.94. The zero-order valence-electron chi connectivity index (χ0n) is 14.3. The molecule has 1 amide bonds. The summed E-state index contributed by atoms with van der Waals surface area (Å²) in [4.78, 5) is 23.8. The molecule has 2 aromatic carbocycles. The molecule has 0 saturated heterocycles. The number of ether oxygens (including phenoxy) is 2. The molecule has 0 heterocycles. The summed E-state index contributed by atoms with van der Waals surface area (Å²) in [6.07, 6.45) is 1.66. The minimum Gasteiger partial charge on any atom is -0.494 e. The van der Waals surface area contributed by atoms with E-state index in [4.69, 9.17) is 32.7 Å². The molecule has 138 valence electrons. The Hall–Kier alpha value is -2.24. The highest BCUT2D eigenvalue weighted by Crippen LogP contribution is 2.33. The molecule has 0 aliphatic rings. The van der Waals surface area contributed by atoms with Crippen LogP contribution in [0.15, 0.2) is 42.5 Å². The number of amides is 1. The predicted octanol–water partition coefficient (Wildman–Crippen LogP) is 3.91. The maximum absolute atomic E-state index is 12.0. The van der Waals surface area contributed by atoms with Crippen LogP contribution in [0.25, 0.3) is 0 Å². The first kappa shape index (κ1) is 20.1. The Kier molecular flexibility index (Phi) is 7.75. The molecule has 2 aromatic rings.